The van der Waals surface area contributed by atoms with Crippen molar-refractivity contribution in [2.75, 3.05) is 41.8 Å². The summed E-state index contributed by atoms with van der Waals surface area (Å²) in [4.78, 5) is 2.32. The van der Waals surface area contributed by atoms with Gasteiger partial charge in [0.15, 0.2) is 5.11 Å². The molecule has 132 valence electrons. The Kier molecular flexibility index (Phi) is 4.90. The number of ether oxygens (including phenoxy) is 1. The van der Waals surface area contributed by atoms with Gasteiger partial charge in [-0.2, -0.15) is 10.2 Å². The van der Waals surface area contributed by atoms with Crippen molar-refractivity contribution in [2.45, 2.75) is 0 Å². The average molecular weight is 365 g/mol. The highest BCUT2D eigenvalue weighted by molar-refractivity contribution is 7.80. The van der Waals surface area contributed by atoms with Gasteiger partial charge in [-0.15, -0.1) is 0 Å². The first-order chi connectivity index (χ1) is 12.8. The van der Waals surface area contributed by atoms with Crippen molar-refractivity contribution in [1.82, 2.24) is 10.2 Å². The third-order valence-electron chi connectivity index (χ3n) is 4.34. The van der Waals surface area contributed by atoms with Crippen LogP contribution in [0.5, 0.6) is 0 Å². The van der Waals surface area contributed by atoms with Crippen molar-refractivity contribution >= 4 is 45.2 Å². The molecule has 6 nitrogen and oxygen atoms in total. The number of anilines is 3. The highest BCUT2D eigenvalue weighted by atomic mass is 32.1. The summed E-state index contributed by atoms with van der Waals surface area (Å²) >= 11 is 5.45. The average Bonchev–Trinajstić information content (AvgIpc) is 2.69. The summed E-state index contributed by atoms with van der Waals surface area (Å²) in [5.41, 5.74) is 3.05. The van der Waals surface area contributed by atoms with E-state index in [0.717, 1.165) is 48.5 Å². The molecule has 3 aromatic rings. The highest BCUT2D eigenvalue weighted by Gasteiger charge is 2.11. The predicted molar refractivity (Wildman–Crippen MR) is 109 cm³/mol. The highest BCUT2D eigenvalue weighted by Crippen LogP contribution is 2.22. The van der Waals surface area contributed by atoms with E-state index < -0.39 is 0 Å². The molecule has 0 unspecified atom stereocenters. The summed E-state index contributed by atoms with van der Waals surface area (Å²) in [6, 6.07) is 14.2. The Morgan fingerprint density at radius 2 is 1.73 bits per heavy atom. The molecule has 0 bridgehead atoms. The smallest absolute Gasteiger partial charge is 0.175 e. The van der Waals surface area contributed by atoms with E-state index in [9.17, 15) is 0 Å². The van der Waals surface area contributed by atoms with Crippen molar-refractivity contribution in [3.05, 3.63) is 54.9 Å². The van der Waals surface area contributed by atoms with Gasteiger partial charge in [0.1, 0.15) is 0 Å². The molecule has 2 N–H and O–H groups in total. The molecule has 0 radical (unpaired) electrons. The fraction of sp³-hybridized carbons (Fsp3) is 0.211. The zero-order valence-corrected chi connectivity index (χ0v) is 15.0. The van der Waals surface area contributed by atoms with E-state index >= 15 is 0 Å². The maximum atomic E-state index is 5.45. The van der Waals surface area contributed by atoms with Gasteiger partial charge in [-0.1, -0.05) is 12.1 Å². The van der Waals surface area contributed by atoms with Gasteiger partial charge in [-0.05, 0) is 42.5 Å². The first kappa shape index (κ1) is 16.7. The standard InChI is InChI=1S/C19H19N5OS/c26-19(23-18-3-1-2-14-12-20-21-13-17(14)18)22-15-4-6-16(7-5-15)24-8-10-25-11-9-24/h1-7,12-13H,8-11H2,(H2,22,23,26). The summed E-state index contributed by atoms with van der Waals surface area (Å²) in [6.45, 7) is 3.42. The van der Waals surface area contributed by atoms with Gasteiger partial charge in [0.05, 0.1) is 25.6 Å². The van der Waals surface area contributed by atoms with Gasteiger partial charge < -0.3 is 20.3 Å². The van der Waals surface area contributed by atoms with E-state index in [1.807, 2.05) is 30.3 Å². The number of aromatic nitrogens is 2. The molecule has 2 heterocycles. The molecule has 1 aliphatic rings. The lowest BCUT2D eigenvalue weighted by Gasteiger charge is -2.29. The van der Waals surface area contributed by atoms with E-state index in [0.29, 0.717) is 5.11 Å². The number of hydrogen-bond donors (Lipinski definition) is 2. The summed E-state index contributed by atoms with van der Waals surface area (Å²) < 4.78 is 5.40. The van der Waals surface area contributed by atoms with Crippen LogP contribution in [0.1, 0.15) is 0 Å². The van der Waals surface area contributed by atoms with Gasteiger partial charge in [0, 0.05) is 40.9 Å². The maximum Gasteiger partial charge on any atom is 0.175 e. The van der Waals surface area contributed by atoms with Crippen LogP contribution in [-0.4, -0.2) is 41.6 Å². The van der Waals surface area contributed by atoms with Crippen LogP contribution in [-0.2, 0) is 4.74 Å². The normalized spacial score (nSPS) is 14.2. The van der Waals surface area contributed by atoms with E-state index in [2.05, 4.69) is 37.9 Å². The number of morpholine rings is 1. The summed E-state index contributed by atoms with van der Waals surface area (Å²) in [6.07, 6.45) is 3.47. The number of thiocarbonyl (C=S) groups is 1. The van der Waals surface area contributed by atoms with Crippen LogP contribution >= 0.6 is 12.2 Å². The van der Waals surface area contributed by atoms with Gasteiger partial charge in [-0.3, -0.25) is 0 Å². The number of rotatable bonds is 3. The predicted octanol–water partition coefficient (Wildman–Crippen LogP) is 3.28. The lowest BCUT2D eigenvalue weighted by atomic mass is 10.2. The van der Waals surface area contributed by atoms with Crippen LogP contribution in [0.2, 0.25) is 0 Å². The molecule has 0 aliphatic carbocycles. The van der Waals surface area contributed by atoms with Crippen LogP contribution < -0.4 is 15.5 Å². The number of nitrogens with one attached hydrogen (secondary N) is 2. The molecule has 0 atom stereocenters. The molecule has 0 amide bonds. The lowest BCUT2D eigenvalue weighted by Crippen LogP contribution is -2.36. The third kappa shape index (κ3) is 3.74. The van der Waals surface area contributed by atoms with Crippen molar-refractivity contribution in [3.8, 4) is 0 Å². The molecule has 7 heteroatoms. The minimum absolute atomic E-state index is 0.536. The van der Waals surface area contributed by atoms with Gasteiger partial charge in [0.2, 0.25) is 0 Å². The molecular formula is C19H19N5OS. The van der Waals surface area contributed by atoms with Gasteiger partial charge >= 0.3 is 0 Å². The molecule has 4 rings (SSSR count). The molecule has 0 saturated carbocycles. The van der Waals surface area contributed by atoms with Crippen molar-refractivity contribution in [1.29, 1.82) is 0 Å². The van der Waals surface area contributed by atoms with Crippen LogP contribution in [0.3, 0.4) is 0 Å². The SMILES string of the molecule is S=C(Nc1ccc(N2CCOCC2)cc1)Nc1cccc2cnncc12. The van der Waals surface area contributed by atoms with Crippen LogP contribution in [0.4, 0.5) is 17.1 Å². The Bertz CT molecular complexity index is 904. The Morgan fingerprint density at radius 3 is 2.54 bits per heavy atom. The number of hydrogen-bond acceptors (Lipinski definition) is 5. The first-order valence-corrected chi connectivity index (χ1v) is 8.90. The van der Waals surface area contributed by atoms with Crippen molar-refractivity contribution in [3.63, 3.8) is 0 Å². The van der Waals surface area contributed by atoms with Crippen LogP contribution in [0.15, 0.2) is 54.9 Å². The molecule has 26 heavy (non-hydrogen) atoms. The number of nitrogens with zero attached hydrogens (tertiary/aromatic N) is 3. The van der Waals surface area contributed by atoms with Gasteiger partial charge in [0.25, 0.3) is 0 Å². The minimum Gasteiger partial charge on any atom is -0.378 e. The van der Waals surface area contributed by atoms with Gasteiger partial charge in [-0.25, -0.2) is 0 Å². The molecule has 2 aromatic carbocycles. The van der Waals surface area contributed by atoms with E-state index in [1.54, 1.807) is 12.4 Å². The summed E-state index contributed by atoms with van der Waals surface area (Å²) in [7, 11) is 0. The Morgan fingerprint density at radius 1 is 0.962 bits per heavy atom. The molecule has 1 saturated heterocycles. The first-order valence-electron chi connectivity index (χ1n) is 8.50. The zero-order chi connectivity index (χ0) is 17.8. The Balaban J connectivity index is 1.43. The topological polar surface area (TPSA) is 62.3 Å². The minimum atomic E-state index is 0.536. The second-order valence-electron chi connectivity index (χ2n) is 6.02. The molecule has 0 spiro atoms. The quantitative estimate of drug-likeness (QED) is 0.691. The van der Waals surface area contributed by atoms with E-state index in [-0.39, 0.29) is 0 Å². The maximum absolute atomic E-state index is 5.45. The fourth-order valence-electron chi connectivity index (χ4n) is 3.00. The number of benzene rings is 2. The van der Waals surface area contributed by atoms with E-state index in [4.69, 9.17) is 17.0 Å². The van der Waals surface area contributed by atoms with Crippen molar-refractivity contribution in [2.24, 2.45) is 0 Å². The van der Waals surface area contributed by atoms with Crippen molar-refractivity contribution < 1.29 is 4.74 Å². The zero-order valence-electron chi connectivity index (χ0n) is 14.2. The molecule has 1 fully saturated rings. The van der Waals surface area contributed by atoms with E-state index in [1.165, 1.54) is 5.69 Å². The van der Waals surface area contributed by atoms with Crippen LogP contribution in [0.25, 0.3) is 10.8 Å². The second-order valence-corrected chi connectivity index (χ2v) is 6.43. The van der Waals surface area contributed by atoms with Crippen LogP contribution in [0, 0.1) is 0 Å². The molecule has 1 aliphatic heterocycles. The summed E-state index contributed by atoms with van der Waals surface area (Å²) in [5, 5.41) is 16.9. The third-order valence-corrected chi connectivity index (χ3v) is 4.54. The molecule has 1 aromatic heterocycles. The largest absolute Gasteiger partial charge is 0.378 e. The molecular weight excluding hydrogens is 346 g/mol. The lowest BCUT2D eigenvalue weighted by molar-refractivity contribution is 0.122. The second kappa shape index (κ2) is 7.63. The Hall–Kier alpha value is -2.77. The number of fused-ring (bicyclic) bond motifs is 1. The summed E-state index contributed by atoms with van der Waals surface area (Å²) in [5.74, 6) is 0. The Labute approximate surface area is 157 Å². The monoisotopic (exact) mass is 365 g/mol. The fourth-order valence-corrected chi connectivity index (χ4v) is 3.22.